The zero-order valence-electron chi connectivity index (χ0n) is 19.4. The van der Waals surface area contributed by atoms with Crippen molar-refractivity contribution in [2.75, 3.05) is 55.4 Å². The number of amides is 3. The number of thioether (sulfide) groups is 1. The minimum Gasteiger partial charge on any atom is -0.379 e. The number of benzene rings is 2. The molecule has 0 aliphatic carbocycles. The van der Waals surface area contributed by atoms with Crippen molar-refractivity contribution in [2.24, 2.45) is 0 Å². The van der Waals surface area contributed by atoms with Gasteiger partial charge in [-0.25, -0.2) is 4.98 Å². The van der Waals surface area contributed by atoms with Crippen molar-refractivity contribution in [1.82, 2.24) is 9.88 Å². The highest BCUT2D eigenvalue weighted by Crippen LogP contribution is 2.35. The Hall–Kier alpha value is -2.79. The summed E-state index contributed by atoms with van der Waals surface area (Å²) in [6, 6.07) is 12.8. The highest BCUT2D eigenvalue weighted by atomic mass is 32.2. The fourth-order valence-corrected chi connectivity index (χ4v) is 5.96. The molecule has 10 heteroatoms. The number of anilines is 2. The van der Waals surface area contributed by atoms with Crippen LogP contribution in [0, 0.1) is 0 Å². The quantitative estimate of drug-likeness (QED) is 0.354. The second kappa shape index (κ2) is 10.4. The largest absolute Gasteiger partial charge is 0.379 e. The van der Waals surface area contributed by atoms with Crippen LogP contribution in [0.4, 0.5) is 10.8 Å². The normalized spacial score (nSPS) is 16.9. The SMILES string of the molecule is CSc1cccc2sc(N(CCN3CCOCC3)C(=O)c3ccc(N4C(=O)CCC4=O)cc3)nc12. The molecule has 0 bridgehead atoms. The molecule has 2 aromatic carbocycles. The average Bonchev–Trinajstić information content (AvgIpc) is 3.47. The number of carbonyl (C=O) groups excluding carboxylic acids is 3. The molecule has 2 fully saturated rings. The molecule has 2 aliphatic rings. The van der Waals surface area contributed by atoms with Crippen LogP contribution < -0.4 is 9.80 Å². The number of fused-ring (bicyclic) bond motifs is 1. The highest BCUT2D eigenvalue weighted by molar-refractivity contribution is 7.98. The number of aromatic nitrogens is 1. The lowest BCUT2D eigenvalue weighted by atomic mass is 10.1. The molecule has 5 rings (SSSR count). The van der Waals surface area contributed by atoms with Crippen molar-refractivity contribution in [1.29, 1.82) is 0 Å². The van der Waals surface area contributed by atoms with E-state index in [-0.39, 0.29) is 30.6 Å². The van der Waals surface area contributed by atoms with E-state index in [4.69, 9.17) is 9.72 Å². The highest BCUT2D eigenvalue weighted by Gasteiger charge is 2.30. The molecule has 2 aliphatic heterocycles. The standard InChI is InChI=1S/C25H26N4O4S2/c1-34-19-3-2-4-20-23(19)26-25(35-20)28(12-11-27-13-15-33-16-14-27)24(32)17-5-7-18(8-6-17)29-21(30)9-10-22(29)31/h2-8H,9-16H2,1H3. The average molecular weight is 511 g/mol. The zero-order chi connectivity index (χ0) is 24.4. The van der Waals surface area contributed by atoms with Gasteiger partial charge in [-0.15, -0.1) is 11.8 Å². The molecule has 3 amide bonds. The first-order valence-electron chi connectivity index (χ1n) is 11.6. The number of nitrogens with zero attached hydrogens (tertiary/aromatic N) is 4. The molecule has 0 atom stereocenters. The Balaban J connectivity index is 1.43. The number of ether oxygens (including phenoxy) is 1. The predicted molar refractivity (Wildman–Crippen MR) is 139 cm³/mol. The van der Waals surface area contributed by atoms with Crippen molar-refractivity contribution < 1.29 is 19.1 Å². The summed E-state index contributed by atoms with van der Waals surface area (Å²) in [5.74, 6) is -0.575. The lowest BCUT2D eigenvalue weighted by Crippen LogP contribution is -2.43. The number of rotatable bonds is 7. The maximum Gasteiger partial charge on any atom is 0.260 e. The van der Waals surface area contributed by atoms with Gasteiger partial charge in [0.2, 0.25) is 11.8 Å². The summed E-state index contributed by atoms with van der Waals surface area (Å²) in [5.41, 5.74) is 1.89. The van der Waals surface area contributed by atoms with Gasteiger partial charge >= 0.3 is 0 Å². The van der Waals surface area contributed by atoms with Gasteiger partial charge in [0, 0.05) is 49.5 Å². The molecular weight excluding hydrogens is 484 g/mol. The number of morpholine rings is 1. The van der Waals surface area contributed by atoms with E-state index in [0.717, 1.165) is 34.7 Å². The van der Waals surface area contributed by atoms with Crippen LogP contribution in [0.5, 0.6) is 0 Å². The van der Waals surface area contributed by atoms with Gasteiger partial charge in [0.05, 0.1) is 29.1 Å². The molecule has 182 valence electrons. The van der Waals surface area contributed by atoms with E-state index in [1.54, 1.807) is 40.9 Å². The Morgan fingerprint density at radius 2 is 1.80 bits per heavy atom. The number of imide groups is 1. The van der Waals surface area contributed by atoms with E-state index in [1.165, 1.54) is 16.2 Å². The minimum absolute atomic E-state index is 0.159. The first-order chi connectivity index (χ1) is 17.0. The van der Waals surface area contributed by atoms with E-state index in [1.807, 2.05) is 24.5 Å². The first kappa shape index (κ1) is 23.9. The molecule has 3 aromatic rings. The number of hydrogen-bond donors (Lipinski definition) is 0. The van der Waals surface area contributed by atoms with E-state index >= 15 is 0 Å². The predicted octanol–water partition coefficient (Wildman–Crippen LogP) is 3.65. The summed E-state index contributed by atoms with van der Waals surface area (Å²) in [5, 5.41) is 0.661. The Morgan fingerprint density at radius 3 is 2.49 bits per heavy atom. The van der Waals surface area contributed by atoms with E-state index in [2.05, 4.69) is 4.90 Å². The lowest BCUT2D eigenvalue weighted by molar-refractivity contribution is -0.121. The fourth-order valence-electron chi connectivity index (χ4n) is 4.32. The monoisotopic (exact) mass is 510 g/mol. The van der Waals surface area contributed by atoms with Crippen LogP contribution >= 0.6 is 23.1 Å². The third-order valence-corrected chi connectivity index (χ3v) is 8.05. The van der Waals surface area contributed by atoms with Crippen LogP contribution in [-0.2, 0) is 14.3 Å². The Labute approximate surface area is 211 Å². The van der Waals surface area contributed by atoms with Gasteiger partial charge < -0.3 is 4.74 Å². The summed E-state index contributed by atoms with van der Waals surface area (Å²) < 4.78 is 6.49. The molecule has 1 aromatic heterocycles. The minimum atomic E-state index is -0.208. The van der Waals surface area contributed by atoms with E-state index < -0.39 is 0 Å². The summed E-state index contributed by atoms with van der Waals surface area (Å²) in [6.07, 6.45) is 2.47. The van der Waals surface area contributed by atoms with Crippen LogP contribution in [0.2, 0.25) is 0 Å². The molecule has 0 saturated carbocycles. The first-order valence-corrected chi connectivity index (χ1v) is 13.6. The van der Waals surface area contributed by atoms with Crippen molar-refractivity contribution in [3.63, 3.8) is 0 Å². The van der Waals surface area contributed by atoms with Gasteiger partial charge in [0.15, 0.2) is 5.13 Å². The van der Waals surface area contributed by atoms with E-state index in [9.17, 15) is 14.4 Å². The molecule has 35 heavy (non-hydrogen) atoms. The molecule has 2 saturated heterocycles. The number of carbonyl (C=O) groups is 3. The zero-order valence-corrected chi connectivity index (χ0v) is 21.1. The van der Waals surface area contributed by atoms with Crippen LogP contribution in [0.3, 0.4) is 0 Å². The Kier molecular flexibility index (Phi) is 7.14. The van der Waals surface area contributed by atoms with Crippen LogP contribution in [0.15, 0.2) is 47.4 Å². The van der Waals surface area contributed by atoms with Crippen LogP contribution in [0.1, 0.15) is 23.2 Å². The van der Waals surface area contributed by atoms with Crippen molar-refractivity contribution in [3.8, 4) is 0 Å². The van der Waals surface area contributed by atoms with Gasteiger partial charge in [-0.3, -0.25) is 29.1 Å². The maximum atomic E-state index is 13.7. The van der Waals surface area contributed by atoms with Gasteiger partial charge in [-0.2, -0.15) is 0 Å². The third-order valence-electron chi connectivity index (χ3n) is 6.23. The maximum absolute atomic E-state index is 13.7. The van der Waals surface area contributed by atoms with Crippen LogP contribution in [0.25, 0.3) is 10.2 Å². The van der Waals surface area contributed by atoms with Gasteiger partial charge in [0.25, 0.3) is 5.91 Å². The fraction of sp³-hybridized carbons (Fsp3) is 0.360. The second-order valence-electron chi connectivity index (χ2n) is 8.38. The van der Waals surface area contributed by atoms with Crippen molar-refractivity contribution in [3.05, 3.63) is 48.0 Å². The van der Waals surface area contributed by atoms with Crippen LogP contribution in [-0.4, -0.2) is 73.3 Å². The van der Waals surface area contributed by atoms with E-state index in [0.29, 0.717) is 36.1 Å². The second-order valence-corrected chi connectivity index (χ2v) is 10.2. The molecule has 0 radical (unpaired) electrons. The molecule has 0 unspecified atom stereocenters. The number of para-hydroxylation sites is 1. The number of hydrogen-bond acceptors (Lipinski definition) is 8. The Morgan fingerprint density at radius 1 is 1.09 bits per heavy atom. The van der Waals surface area contributed by atoms with Crippen molar-refractivity contribution >= 4 is 61.9 Å². The summed E-state index contributed by atoms with van der Waals surface area (Å²) in [4.78, 5) is 49.0. The molecule has 3 heterocycles. The molecular formula is C25H26N4O4S2. The topological polar surface area (TPSA) is 83.0 Å². The Bertz CT molecular complexity index is 1240. The van der Waals surface area contributed by atoms with Gasteiger partial charge in [-0.05, 0) is 42.7 Å². The summed E-state index contributed by atoms with van der Waals surface area (Å²) in [6.45, 7) is 4.28. The molecule has 0 N–H and O–H groups in total. The van der Waals surface area contributed by atoms with Gasteiger partial charge in [-0.1, -0.05) is 17.4 Å². The summed E-state index contributed by atoms with van der Waals surface area (Å²) in [7, 11) is 0. The molecule has 0 spiro atoms. The van der Waals surface area contributed by atoms with Gasteiger partial charge in [0.1, 0.15) is 0 Å². The lowest BCUT2D eigenvalue weighted by Gasteiger charge is -2.29. The third kappa shape index (κ3) is 4.97. The molecule has 8 nitrogen and oxygen atoms in total. The summed E-state index contributed by atoms with van der Waals surface area (Å²) >= 11 is 3.15. The number of thiazole rings is 1. The van der Waals surface area contributed by atoms with Crippen molar-refractivity contribution in [2.45, 2.75) is 17.7 Å². The smallest absolute Gasteiger partial charge is 0.260 e.